The summed E-state index contributed by atoms with van der Waals surface area (Å²) in [7, 11) is 0. The van der Waals surface area contributed by atoms with Crippen molar-refractivity contribution < 1.29 is 5.11 Å². The van der Waals surface area contributed by atoms with Crippen molar-refractivity contribution in [2.75, 3.05) is 12.5 Å². The third kappa shape index (κ3) is 4.10. The molecule has 0 aromatic heterocycles. The highest BCUT2D eigenvalue weighted by molar-refractivity contribution is 6.17. The van der Waals surface area contributed by atoms with E-state index in [4.69, 9.17) is 11.6 Å². The van der Waals surface area contributed by atoms with Gasteiger partial charge < -0.3 is 0 Å². The van der Waals surface area contributed by atoms with Gasteiger partial charge in [0.1, 0.15) is 0 Å². The lowest BCUT2D eigenvalue weighted by atomic mass is 10.1. The molecule has 0 fully saturated rings. The highest BCUT2D eigenvalue weighted by Gasteiger charge is 1.96. The molecule has 0 rings (SSSR count). The summed E-state index contributed by atoms with van der Waals surface area (Å²) in [6, 6.07) is 0. The van der Waals surface area contributed by atoms with E-state index < -0.39 is 0 Å². The fourth-order valence-electron chi connectivity index (χ4n) is 0.270. The molecule has 1 unspecified atom stereocenters. The van der Waals surface area contributed by atoms with Gasteiger partial charge in [-0.3, -0.25) is 0 Å². The van der Waals surface area contributed by atoms with E-state index in [1.807, 2.05) is 6.92 Å². The molecule has 7 heavy (non-hydrogen) atoms. The molecule has 0 aliphatic heterocycles. The number of hydrogen-bond donors (Lipinski definition) is 0. The average Bonchev–Trinajstić information content (AvgIpc) is 1.68. The molecule has 0 amide bonds. The molecule has 0 bridgehead atoms. The molecule has 0 aliphatic carbocycles. The van der Waals surface area contributed by atoms with E-state index >= 15 is 0 Å². The molecule has 0 aromatic carbocycles. The second-order valence-electron chi connectivity index (χ2n) is 1.75. The van der Waals surface area contributed by atoms with Gasteiger partial charge in [-0.25, -0.2) is 5.11 Å². The lowest BCUT2D eigenvalue weighted by molar-refractivity contribution is 0.149. The maximum Gasteiger partial charge on any atom is 0.0848 e. The van der Waals surface area contributed by atoms with Crippen molar-refractivity contribution >= 4 is 11.6 Å². The Morgan fingerprint density at radius 3 is 2.43 bits per heavy atom. The zero-order valence-electron chi connectivity index (χ0n) is 4.48. The Hall–Kier alpha value is 0.250. The minimum absolute atomic E-state index is 0.00667. The second kappa shape index (κ2) is 4.41. The van der Waals surface area contributed by atoms with Crippen LogP contribution in [0.2, 0.25) is 0 Å². The number of rotatable bonds is 3. The van der Waals surface area contributed by atoms with Gasteiger partial charge in [-0.2, -0.15) is 0 Å². The summed E-state index contributed by atoms with van der Waals surface area (Å²) in [6.45, 7) is 1.92. The maximum atomic E-state index is 9.96. The minimum Gasteiger partial charge on any atom is -0.236 e. The quantitative estimate of drug-likeness (QED) is 0.507. The van der Waals surface area contributed by atoms with Crippen LogP contribution in [0, 0.1) is 5.92 Å². The van der Waals surface area contributed by atoms with Crippen LogP contribution in [-0.2, 0) is 5.11 Å². The topological polar surface area (TPSA) is 19.9 Å². The fourth-order valence-corrected chi connectivity index (χ4v) is 0.642. The Kier molecular flexibility index (Phi) is 4.57. The van der Waals surface area contributed by atoms with Crippen molar-refractivity contribution in [3.8, 4) is 0 Å². The number of halogens is 1. The van der Waals surface area contributed by atoms with Crippen molar-refractivity contribution in [3.05, 3.63) is 0 Å². The van der Waals surface area contributed by atoms with Crippen LogP contribution in [0.4, 0.5) is 0 Å². The van der Waals surface area contributed by atoms with Gasteiger partial charge in [0.25, 0.3) is 0 Å². The Morgan fingerprint density at radius 2 is 2.29 bits per heavy atom. The van der Waals surface area contributed by atoms with E-state index in [2.05, 4.69) is 0 Å². The molecule has 0 aliphatic rings. The first-order valence-corrected chi connectivity index (χ1v) is 2.98. The lowest BCUT2D eigenvalue weighted by Crippen LogP contribution is -1.98. The van der Waals surface area contributed by atoms with Gasteiger partial charge in [-0.1, -0.05) is 6.92 Å². The summed E-state index contributed by atoms with van der Waals surface area (Å²) in [5.74, 6) is 0.876. The summed E-state index contributed by atoms with van der Waals surface area (Å²) < 4.78 is 0. The molecule has 43 valence electrons. The second-order valence-corrected chi connectivity index (χ2v) is 2.13. The van der Waals surface area contributed by atoms with Gasteiger partial charge in [-0.05, 0) is 12.3 Å². The van der Waals surface area contributed by atoms with Crippen LogP contribution in [0.3, 0.4) is 0 Å². The molecule has 0 spiro atoms. The van der Waals surface area contributed by atoms with E-state index in [0.29, 0.717) is 5.88 Å². The predicted molar refractivity (Wildman–Crippen MR) is 30.1 cm³/mol. The Balaban J connectivity index is 2.83. The first kappa shape index (κ1) is 7.25. The van der Waals surface area contributed by atoms with Crippen molar-refractivity contribution in [1.29, 1.82) is 0 Å². The van der Waals surface area contributed by atoms with Crippen LogP contribution >= 0.6 is 11.6 Å². The van der Waals surface area contributed by atoms with E-state index in [9.17, 15) is 5.11 Å². The van der Waals surface area contributed by atoms with Gasteiger partial charge in [0.2, 0.25) is 0 Å². The van der Waals surface area contributed by atoms with E-state index in [0.717, 1.165) is 6.42 Å². The van der Waals surface area contributed by atoms with Gasteiger partial charge in [0.15, 0.2) is 0 Å². The molecule has 1 nitrogen and oxygen atoms in total. The Labute approximate surface area is 49.3 Å². The van der Waals surface area contributed by atoms with Gasteiger partial charge in [0, 0.05) is 5.88 Å². The first-order chi connectivity index (χ1) is 3.31. The van der Waals surface area contributed by atoms with Gasteiger partial charge >= 0.3 is 0 Å². The van der Waals surface area contributed by atoms with Gasteiger partial charge in [-0.15, -0.1) is 11.6 Å². The third-order valence-corrected chi connectivity index (χ3v) is 1.10. The lowest BCUT2D eigenvalue weighted by Gasteiger charge is -1.99. The van der Waals surface area contributed by atoms with Crippen LogP contribution in [0.25, 0.3) is 0 Å². The average molecular weight is 122 g/mol. The van der Waals surface area contributed by atoms with Crippen LogP contribution < -0.4 is 0 Å². The van der Waals surface area contributed by atoms with Crippen molar-refractivity contribution in [2.24, 2.45) is 5.92 Å². The highest BCUT2D eigenvalue weighted by atomic mass is 35.5. The SMILES string of the molecule is CC(C[O])CCCl. The Morgan fingerprint density at radius 1 is 1.71 bits per heavy atom. The number of alkyl halides is 1. The summed E-state index contributed by atoms with van der Waals surface area (Å²) in [5, 5.41) is 9.96. The molecule has 0 saturated carbocycles. The molecule has 0 saturated heterocycles. The van der Waals surface area contributed by atoms with Crippen molar-refractivity contribution in [2.45, 2.75) is 13.3 Å². The maximum absolute atomic E-state index is 9.96. The minimum atomic E-state index is 0.00667. The first-order valence-electron chi connectivity index (χ1n) is 2.45. The van der Waals surface area contributed by atoms with E-state index in [1.54, 1.807) is 0 Å². The summed E-state index contributed by atoms with van der Waals surface area (Å²) in [5.41, 5.74) is 0. The van der Waals surface area contributed by atoms with Crippen molar-refractivity contribution in [3.63, 3.8) is 0 Å². The number of hydrogen-bond acceptors (Lipinski definition) is 0. The molecule has 1 radical (unpaired) electrons. The Bertz CT molecular complexity index is 39.1. The molecule has 1 atom stereocenters. The van der Waals surface area contributed by atoms with Gasteiger partial charge in [0.05, 0.1) is 6.61 Å². The molecule has 2 heteroatoms. The monoisotopic (exact) mass is 121 g/mol. The molecule has 0 aromatic rings. The van der Waals surface area contributed by atoms with E-state index in [-0.39, 0.29) is 12.5 Å². The summed E-state index contributed by atoms with van der Waals surface area (Å²) >= 11 is 5.34. The zero-order valence-corrected chi connectivity index (χ0v) is 5.24. The molecule has 0 heterocycles. The van der Waals surface area contributed by atoms with E-state index in [1.165, 1.54) is 0 Å². The molecular weight excluding hydrogens is 112 g/mol. The van der Waals surface area contributed by atoms with Crippen molar-refractivity contribution in [1.82, 2.24) is 0 Å². The molecular formula is C5H10ClO. The van der Waals surface area contributed by atoms with Crippen LogP contribution in [0.1, 0.15) is 13.3 Å². The normalized spacial score (nSPS) is 14.1. The molecule has 0 N–H and O–H groups in total. The fraction of sp³-hybridized carbons (Fsp3) is 1.00. The summed E-state index contributed by atoms with van der Waals surface area (Å²) in [6.07, 6.45) is 0.852. The largest absolute Gasteiger partial charge is 0.236 e. The highest BCUT2D eigenvalue weighted by Crippen LogP contribution is 2.00. The predicted octanol–water partition coefficient (Wildman–Crippen LogP) is 1.68. The summed E-state index contributed by atoms with van der Waals surface area (Å²) in [4.78, 5) is 0. The standard InChI is InChI=1S/C5H10ClO/c1-5(4-7)2-3-6/h5H,2-4H2,1H3. The third-order valence-electron chi connectivity index (χ3n) is 0.886. The zero-order chi connectivity index (χ0) is 5.70. The van der Waals surface area contributed by atoms with Crippen LogP contribution in [0.15, 0.2) is 0 Å². The van der Waals surface area contributed by atoms with Crippen LogP contribution in [-0.4, -0.2) is 12.5 Å². The van der Waals surface area contributed by atoms with Crippen LogP contribution in [0.5, 0.6) is 0 Å². The smallest absolute Gasteiger partial charge is 0.0848 e.